The average molecular weight is 267 g/mol. The molecule has 0 unspecified atom stereocenters. The van der Waals surface area contributed by atoms with E-state index in [4.69, 9.17) is 0 Å². The number of H-pyrrole nitrogens is 1. The highest BCUT2D eigenvalue weighted by molar-refractivity contribution is 5.55. The summed E-state index contributed by atoms with van der Waals surface area (Å²) in [5, 5.41) is 2.95. The highest BCUT2D eigenvalue weighted by Gasteiger charge is 2.19. The van der Waals surface area contributed by atoms with E-state index in [1.807, 2.05) is 0 Å². The molecule has 0 bridgehead atoms. The van der Waals surface area contributed by atoms with Crippen LogP contribution in [0.2, 0.25) is 0 Å². The van der Waals surface area contributed by atoms with Gasteiger partial charge in [-0.2, -0.15) is 0 Å². The molecule has 0 fully saturated rings. The van der Waals surface area contributed by atoms with Gasteiger partial charge < -0.3 is 10.3 Å². The van der Waals surface area contributed by atoms with Gasteiger partial charge in [-0.15, -0.1) is 0 Å². The topological polar surface area (TPSA) is 57.8 Å². The van der Waals surface area contributed by atoms with E-state index in [0.29, 0.717) is 24.3 Å². The molecule has 19 heavy (non-hydrogen) atoms. The highest BCUT2D eigenvalue weighted by atomic mass is 19.2. The molecule has 1 aliphatic heterocycles. The van der Waals surface area contributed by atoms with Crippen LogP contribution in [0.25, 0.3) is 11.4 Å². The quantitative estimate of drug-likeness (QED) is 0.769. The molecule has 1 aromatic heterocycles. The van der Waals surface area contributed by atoms with E-state index >= 15 is 0 Å². The van der Waals surface area contributed by atoms with Crippen LogP contribution in [0, 0.1) is 17.5 Å². The first-order valence-electron chi connectivity index (χ1n) is 5.54. The highest BCUT2D eigenvalue weighted by Crippen LogP contribution is 2.21. The van der Waals surface area contributed by atoms with Gasteiger partial charge in [0.1, 0.15) is 5.82 Å². The van der Waals surface area contributed by atoms with Gasteiger partial charge in [0.15, 0.2) is 17.5 Å². The Kier molecular flexibility index (Phi) is 2.63. The van der Waals surface area contributed by atoms with Gasteiger partial charge in [0.05, 0.1) is 11.3 Å². The predicted octanol–water partition coefficient (Wildman–Crippen LogP) is 1.46. The zero-order valence-electron chi connectivity index (χ0n) is 9.56. The Balaban J connectivity index is 2.18. The molecule has 0 spiro atoms. The first-order chi connectivity index (χ1) is 9.06. The van der Waals surface area contributed by atoms with Crippen molar-refractivity contribution < 1.29 is 13.2 Å². The molecule has 0 aliphatic carbocycles. The van der Waals surface area contributed by atoms with Gasteiger partial charge in [0.2, 0.25) is 0 Å². The summed E-state index contributed by atoms with van der Waals surface area (Å²) >= 11 is 0. The number of benzene rings is 1. The second-order valence-corrected chi connectivity index (χ2v) is 4.20. The fraction of sp³-hybridized carbons (Fsp3) is 0.167. The van der Waals surface area contributed by atoms with Crippen molar-refractivity contribution in [1.29, 1.82) is 0 Å². The first kappa shape index (κ1) is 11.9. The summed E-state index contributed by atoms with van der Waals surface area (Å²) in [5.41, 5.74) is 0.661. The Morgan fingerprint density at radius 1 is 1.11 bits per heavy atom. The zero-order valence-corrected chi connectivity index (χ0v) is 9.56. The Labute approximate surface area is 105 Å². The van der Waals surface area contributed by atoms with Crippen molar-refractivity contribution in [2.24, 2.45) is 0 Å². The van der Waals surface area contributed by atoms with Crippen LogP contribution in [0.5, 0.6) is 0 Å². The summed E-state index contributed by atoms with van der Waals surface area (Å²) in [7, 11) is 0. The lowest BCUT2D eigenvalue weighted by molar-refractivity contribution is 0.447. The average Bonchev–Trinajstić information content (AvgIpc) is 2.84. The summed E-state index contributed by atoms with van der Waals surface area (Å²) in [5.74, 6) is -4.17. The molecule has 0 saturated carbocycles. The molecule has 2 aromatic rings. The van der Waals surface area contributed by atoms with Crippen LogP contribution in [0.3, 0.4) is 0 Å². The standard InChI is InChI=1S/C12H8F3N3O/c13-7-1-5(2-8(14)10(7)15)11-17-9-4-16-3-6(9)12(19)18-11/h1-2,16H,3-4H2,(H,17,18,19). The molecular formula is C12H8F3N3O. The van der Waals surface area contributed by atoms with Gasteiger partial charge in [0.25, 0.3) is 5.56 Å². The van der Waals surface area contributed by atoms with Gasteiger partial charge >= 0.3 is 0 Å². The maximum atomic E-state index is 13.2. The lowest BCUT2D eigenvalue weighted by Gasteiger charge is -2.05. The molecule has 0 saturated heterocycles. The summed E-state index contributed by atoms with van der Waals surface area (Å²) < 4.78 is 39.2. The monoisotopic (exact) mass is 267 g/mol. The summed E-state index contributed by atoms with van der Waals surface area (Å²) in [6.45, 7) is 0.822. The number of halogens is 3. The fourth-order valence-electron chi connectivity index (χ4n) is 2.01. The van der Waals surface area contributed by atoms with Crippen molar-refractivity contribution in [1.82, 2.24) is 15.3 Å². The fourth-order valence-corrected chi connectivity index (χ4v) is 2.01. The molecule has 0 radical (unpaired) electrons. The van der Waals surface area contributed by atoms with E-state index in [9.17, 15) is 18.0 Å². The predicted molar refractivity (Wildman–Crippen MR) is 60.7 cm³/mol. The van der Waals surface area contributed by atoms with Gasteiger partial charge in [0, 0.05) is 18.7 Å². The Hall–Kier alpha value is -2.15. The van der Waals surface area contributed by atoms with E-state index < -0.39 is 17.5 Å². The lowest BCUT2D eigenvalue weighted by atomic mass is 10.1. The number of aromatic amines is 1. The minimum absolute atomic E-state index is 0.0109. The first-order valence-corrected chi connectivity index (χ1v) is 5.54. The Morgan fingerprint density at radius 3 is 2.47 bits per heavy atom. The molecule has 1 aromatic carbocycles. The molecule has 0 amide bonds. The molecular weight excluding hydrogens is 259 g/mol. The molecule has 3 rings (SSSR count). The Morgan fingerprint density at radius 2 is 1.79 bits per heavy atom. The van der Waals surface area contributed by atoms with Crippen LogP contribution in [0.4, 0.5) is 13.2 Å². The molecule has 4 nitrogen and oxygen atoms in total. The van der Waals surface area contributed by atoms with E-state index in [0.717, 1.165) is 12.1 Å². The van der Waals surface area contributed by atoms with Gasteiger partial charge in [-0.05, 0) is 12.1 Å². The molecule has 1 aliphatic rings. The largest absolute Gasteiger partial charge is 0.307 e. The second kappa shape index (κ2) is 4.20. The minimum Gasteiger partial charge on any atom is -0.307 e. The number of rotatable bonds is 1. The van der Waals surface area contributed by atoms with E-state index in [-0.39, 0.29) is 16.9 Å². The third kappa shape index (κ3) is 1.91. The Bertz CT molecular complexity index is 704. The van der Waals surface area contributed by atoms with Gasteiger partial charge in [-0.25, -0.2) is 18.2 Å². The normalized spacial score (nSPS) is 13.6. The maximum absolute atomic E-state index is 13.2. The van der Waals surface area contributed by atoms with E-state index in [1.165, 1.54) is 0 Å². The van der Waals surface area contributed by atoms with Crippen LogP contribution in [-0.4, -0.2) is 9.97 Å². The van der Waals surface area contributed by atoms with E-state index in [2.05, 4.69) is 15.3 Å². The van der Waals surface area contributed by atoms with Crippen LogP contribution < -0.4 is 10.9 Å². The number of hydrogen-bond acceptors (Lipinski definition) is 3. The summed E-state index contributed by atoms with van der Waals surface area (Å²) in [6.07, 6.45) is 0. The van der Waals surface area contributed by atoms with Crippen molar-refractivity contribution in [3.8, 4) is 11.4 Å². The smallest absolute Gasteiger partial charge is 0.255 e. The van der Waals surface area contributed by atoms with Crippen molar-refractivity contribution in [3.05, 3.63) is 51.2 Å². The third-order valence-electron chi connectivity index (χ3n) is 2.95. The third-order valence-corrected chi connectivity index (χ3v) is 2.95. The SMILES string of the molecule is O=c1[nH]c(-c2cc(F)c(F)c(F)c2)nc2c1CNC2. The van der Waals surface area contributed by atoms with Crippen molar-refractivity contribution >= 4 is 0 Å². The minimum atomic E-state index is -1.55. The molecule has 2 heterocycles. The molecule has 0 atom stereocenters. The van der Waals surface area contributed by atoms with Crippen molar-refractivity contribution in [2.75, 3.05) is 0 Å². The molecule has 7 heteroatoms. The second-order valence-electron chi connectivity index (χ2n) is 4.20. The lowest BCUT2D eigenvalue weighted by Crippen LogP contribution is -2.15. The molecule has 2 N–H and O–H groups in total. The number of nitrogens with zero attached hydrogens (tertiary/aromatic N) is 1. The number of fused-ring (bicyclic) bond motifs is 1. The summed E-state index contributed by atoms with van der Waals surface area (Å²) in [6, 6.07) is 1.59. The van der Waals surface area contributed by atoms with Gasteiger partial charge in [-0.3, -0.25) is 4.79 Å². The van der Waals surface area contributed by atoms with Crippen LogP contribution in [0.15, 0.2) is 16.9 Å². The maximum Gasteiger partial charge on any atom is 0.255 e. The van der Waals surface area contributed by atoms with Crippen LogP contribution in [-0.2, 0) is 13.1 Å². The number of nitrogens with one attached hydrogen (secondary N) is 2. The van der Waals surface area contributed by atoms with Crippen molar-refractivity contribution in [3.63, 3.8) is 0 Å². The number of hydrogen-bond donors (Lipinski definition) is 2. The van der Waals surface area contributed by atoms with E-state index in [1.54, 1.807) is 0 Å². The van der Waals surface area contributed by atoms with Gasteiger partial charge in [-0.1, -0.05) is 0 Å². The molecule has 98 valence electrons. The van der Waals surface area contributed by atoms with Crippen LogP contribution >= 0.6 is 0 Å². The number of aromatic nitrogens is 2. The van der Waals surface area contributed by atoms with Crippen molar-refractivity contribution in [2.45, 2.75) is 13.1 Å². The zero-order chi connectivity index (χ0) is 13.6. The summed E-state index contributed by atoms with van der Waals surface area (Å²) in [4.78, 5) is 18.3. The van der Waals surface area contributed by atoms with Crippen LogP contribution in [0.1, 0.15) is 11.3 Å².